The first-order chi connectivity index (χ1) is 6.29. The zero-order valence-corrected chi connectivity index (χ0v) is 8.38. The minimum Gasteiger partial charge on any atom is -0.481 e. The molecule has 2 rings (SSSR count). The summed E-state index contributed by atoms with van der Waals surface area (Å²) >= 11 is 0. The Morgan fingerprint density at radius 2 is 2.14 bits per heavy atom. The van der Waals surface area contributed by atoms with Gasteiger partial charge in [0.05, 0.1) is 5.92 Å². The van der Waals surface area contributed by atoms with Crippen molar-refractivity contribution in [3.8, 4) is 0 Å². The van der Waals surface area contributed by atoms with Gasteiger partial charge in [0.2, 0.25) is 0 Å². The quantitative estimate of drug-likeness (QED) is 0.741. The first kappa shape index (κ1) is 11.0. The summed E-state index contributed by atoms with van der Waals surface area (Å²) in [5.74, 6) is -1.13. The van der Waals surface area contributed by atoms with Crippen molar-refractivity contribution in [2.75, 3.05) is 6.54 Å². The van der Waals surface area contributed by atoms with Gasteiger partial charge in [-0.25, -0.2) is 0 Å². The van der Waals surface area contributed by atoms with Crippen LogP contribution in [-0.4, -0.2) is 17.6 Å². The normalized spacial score (nSPS) is 19.3. The van der Waals surface area contributed by atoms with E-state index in [9.17, 15) is 4.79 Å². The standard InChI is InChI=1S/C10H11NO2.ClH/c12-10(13)9-6-11-5-7-3-1-2-4-8(7)9;/h1-4,9,11H,5-6H2,(H,12,13);1H. The van der Waals surface area contributed by atoms with E-state index in [0.717, 1.165) is 17.7 Å². The predicted molar refractivity (Wildman–Crippen MR) is 55.8 cm³/mol. The molecule has 0 radical (unpaired) electrons. The lowest BCUT2D eigenvalue weighted by Crippen LogP contribution is -2.32. The topological polar surface area (TPSA) is 49.3 Å². The Balaban J connectivity index is 0.000000980. The molecule has 14 heavy (non-hydrogen) atoms. The Morgan fingerprint density at radius 3 is 2.86 bits per heavy atom. The number of halogens is 1. The molecule has 1 heterocycles. The van der Waals surface area contributed by atoms with Crippen molar-refractivity contribution in [1.82, 2.24) is 5.32 Å². The van der Waals surface area contributed by atoms with Crippen LogP contribution in [0.1, 0.15) is 17.0 Å². The Morgan fingerprint density at radius 1 is 1.43 bits per heavy atom. The molecule has 1 aromatic carbocycles. The summed E-state index contributed by atoms with van der Waals surface area (Å²) in [4.78, 5) is 10.9. The molecule has 0 aromatic heterocycles. The molecule has 1 aliphatic rings. The van der Waals surface area contributed by atoms with Crippen LogP contribution in [0, 0.1) is 0 Å². The summed E-state index contributed by atoms with van der Waals surface area (Å²) in [7, 11) is 0. The second kappa shape index (κ2) is 4.44. The Bertz CT molecular complexity index is 341. The summed E-state index contributed by atoms with van der Waals surface area (Å²) in [5.41, 5.74) is 2.05. The molecule has 4 heteroatoms. The highest BCUT2D eigenvalue weighted by atomic mass is 35.5. The van der Waals surface area contributed by atoms with Crippen LogP contribution in [-0.2, 0) is 11.3 Å². The lowest BCUT2D eigenvalue weighted by molar-refractivity contribution is -0.138. The number of hydrogen-bond acceptors (Lipinski definition) is 2. The third kappa shape index (κ3) is 1.89. The Hall–Kier alpha value is -1.06. The van der Waals surface area contributed by atoms with Crippen molar-refractivity contribution in [2.24, 2.45) is 0 Å². The molecule has 0 saturated carbocycles. The van der Waals surface area contributed by atoms with Gasteiger partial charge in [-0.1, -0.05) is 24.3 Å². The fourth-order valence-corrected chi connectivity index (χ4v) is 1.72. The number of nitrogens with one attached hydrogen (secondary N) is 1. The average molecular weight is 214 g/mol. The van der Waals surface area contributed by atoms with Crippen LogP contribution in [0.4, 0.5) is 0 Å². The van der Waals surface area contributed by atoms with Gasteiger partial charge in [0.15, 0.2) is 0 Å². The van der Waals surface area contributed by atoms with E-state index in [4.69, 9.17) is 5.11 Å². The highest BCUT2D eigenvalue weighted by Gasteiger charge is 2.24. The fraction of sp³-hybridized carbons (Fsp3) is 0.300. The van der Waals surface area contributed by atoms with Crippen molar-refractivity contribution >= 4 is 18.4 Å². The van der Waals surface area contributed by atoms with Crippen molar-refractivity contribution in [2.45, 2.75) is 12.5 Å². The average Bonchev–Trinajstić information content (AvgIpc) is 2.17. The van der Waals surface area contributed by atoms with Gasteiger partial charge in [0.25, 0.3) is 0 Å². The molecule has 0 bridgehead atoms. The Kier molecular flexibility index (Phi) is 3.49. The van der Waals surface area contributed by atoms with Gasteiger partial charge < -0.3 is 10.4 Å². The van der Waals surface area contributed by atoms with E-state index in [-0.39, 0.29) is 18.3 Å². The number of rotatable bonds is 1. The van der Waals surface area contributed by atoms with Crippen LogP contribution >= 0.6 is 12.4 Å². The van der Waals surface area contributed by atoms with E-state index in [1.165, 1.54) is 0 Å². The van der Waals surface area contributed by atoms with Crippen molar-refractivity contribution in [3.05, 3.63) is 35.4 Å². The maximum Gasteiger partial charge on any atom is 0.312 e. The fourth-order valence-electron chi connectivity index (χ4n) is 1.72. The molecule has 0 amide bonds. The molecule has 1 atom stereocenters. The van der Waals surface area contributed by atoms with Gasteiger partial charge in [-0.2, -0.15) is 0 Å². The zero-order chi connectivity index (χ0) is 9.26. The van der Waals surface area contributed by atoms with Crippen molar-refractivity contribution in [3.63, 3.8) is 0 Å². The van der Waals surface area contributed by atoms with E-state index >= 15 is 0 Å². The number of carboxylic acids is 1. The van der Waals surface area contributed by atoms with Gasteiger partial charge in [0, 0.05) is 13.1 Å². The largest absolute Gasteiger partial charge is 0.481 e. The summed E-state index contributed by atoms with van der Waals surface area (Å²) in [6.45, 7) is 1.31. The van der Waals surface area contributed by atoms with E-state index in [1.807, 2.05) is 24.3 Å². The highest BCUT2D eigenvalue weighted by Crippen LogP contribution is 2.23. The lowest BCUT2D eigenvalue weighted by atomic mass is 9.91. The van der Waals surface area contributed by atoms with E-state index in [0.29, 0.717) is 6.54 Å². The second-order valence-corrected chi connectivity index (χ2v) is 3.22. The molecule has 1 aromatic rings. The van der Waals surface area contributed by atoms with Gasteiger partial charge in [-0.05, 0) is 11.1 Å². The number of aliphatic carboxylic acids is 1. The molecule has 1 aliphatic heterocycles. The number of fused-ring (bicyclic) bond motifs is 1. The smallest absolute Gasteiger partial charge is 0.312 e. The number of carboxylic acid groups (broad SMARTS) is 1. The van der Waals surface area contributed by atoms with Crippen LogP contribution in [0.15, 0.2) is 24.3 Å². The third-order valence-electron chi connectivity index (χ3n) is 2.39. The number of carbonyl (C=O) groups is 1. The monoisotopic (exact) mass is 213 g/mol. The first-order valence-electron chi connectivity index (χ1n) is 4.30. The lowest BCUT2D eigenvalue weighted by Gasteiger charge is -2.22. The number of benzene rings is 1. The predicted octanol–water partition coefficient (Wildman–Crippen LogP) is 1.38. The maximum absolute atomic E-state index is 10.9. The molecule has 3 nitrogen and oxygen atoms in total. The highest BCUT2D eigenvalue weighted by molar-refractivity contribution is 5.85. The Labute approximate surface area is 88.5 Å². The summed E-state index contributed by atoms with van der Waals surface area (Å²) in [6, 6.07) is 7.69. The van der Waals surface area contributed by atoms with Gasteiger partial charge >= 0.3 is 5.97 Å². The first-order valence-corrected chi connectivity index (χ1v) is 4.30. The molecular weight excluding hydrogens is 202 g/mol. The summed E-state index contributed by atoms with van der Waals surface area (Å²) in [6.07, 6.45) is 0. The van der Waals surface area contributed by atoms with Crippen LogP contribution in [0.3, 0.4) is 0 Å². The van der Waals surface area contributed by atoms with Gasteiger partial charge in [-0.3, -0.25) is 4.79 Å². The van der Waals surface area contributed by atoms with Crippen LogP contribution in [0.25, 0.3) is 0 Å². The molecule has 1 unspecified atom stereocenters. The van der Waals surface area contributed by atoms with Gasteiger partial charge in [-0.15, -0.1) is 12.4 Å². The SMILES string of the molecule is Cl.O=C(O)C1CNCc2ccccc21. The minimum absolute atomic E-state index is 0. The molecule has 76 valence electrons. The summed E-state index contributed by atoms with van der Waals surface area (Å²) in [5, 5.41) is 12.0. The molecular formula is C10H12ClNO2. The summed E-state index contributed by atoms with van der Waals surface area (Å²) < 4.78 is 0. The van der Waals surface area contributed by atoms with Crippen molar-refractivity contribution in [1.29, 1.82) is 0 Å². The van der Waals surface area contributed by atoms with Crippen LogP contribution in [0.2, 0.25) is 0 Å². The maximum atomic E-state index is 10.9. The third-order valence-corrected chi connectivity index (χ3v) is 2.39. The van der Waals surface area contributed by atoms with Crippen LogP contribution < -0.4 is 5.32 Å². The zero-order valence-electron chi connectivity index (χ0n) is 7.56. The number of hydrogen-bond donors (Lipinski definition) is 2. The molecule has 0 fully saturated rings. The molecule has 2 N–H and O–H groups in total. The minimum atomic E-state index is -0.750. The molecule has 0 spiro atoms. The van der Waals surface area contributed by atoms with E-state index in [1.54, 1.807) is 0 Å². The molecule has 0 aliphatic carbocycles. The van der Waals surface area contributed by atoms with Crippen LogP contribution in [0.5, 0.6) is 0 Å². The van der Waals surface area contributed by atoms with Gasteiger partial charge in [0.1, 0.15) is 0 Å². The molecule has 0 saturated heterocycles. The van der Waals surface area contributed by atoms with E-state index in [2.05, 4.69) is 5.32 Å². The second-order valence-electron chi connectivity index (χ2n) is 3.22. The van der Waals surface area contributed by atoms with E-state index < -0.39 is 5.97 Å². The van der Waals surface area contributed by atoms with Crippen molar-refractivity contribution < 1.29 is 9.90 Å².